The number of ether oxygens (including phenoxy) is 1. The van der Waals surface area contributed by atoms with E-state index >= 15 is 0 Å². The van der Waals surface area contributed by atoms with E-state index in [-0.39, 0.29) is 5.95 Å². The number of hydrogen-bond donors (Lipinski definition) is 2. The van der Waals surface area contributed by atoms with Crippen LogP contribution in [-0.2, 0) is 13.0 Å². The second-order valence-corrected chi connectivity index (χ2v) is 7.37. The molecule has 7 heteroatoms. The molecule has 4 N–H and O–H groups in total. The van der Waals surface area contributed by atoms with Crippen molar-refractivity contribution in [3.05, 3.63) is 66.0 Å². The molecule has 5 rings (SSSR count). The Bertz CT molecular complexity index is 1260. The largest absolute Gasteiger partial charge is 0.494 e. The molecule has 150 valence electrons. The van der Waals surface area contributed by atoms with Crippen molar-refractivity contribution in [2.45, 2.75) is 13.0 Å². The SMILES string of the molecule is COc1ccc(-c2ccc3c(c2)CCN3Cc2cnc(N)nc2N)c2cccnc12. The summed E-state index contributed by atoms with van der Waals surface area (Å²) >= 11 is 0. The van der Waals surface area contributed by atoms with E-state index < -0.39 is 0 Å². The second-order valence-electron chi connectivity index (χ2n) is 7.37. The Morgan fingerprint density at radius 2 is 2.00 bits per heavy atom. The Kier molecular flexibility index (Phi) is 4.35. The van der Waals surface area contributed by atoms with Crippen molar-refractivity contribution < 1.29 is 4.74 Å². The van der Waals surface area contributed by atoms with Crippen LogP contribution < -0.4 is 21.1 Å². The summed E-state index contributed by atoms with van der Waals surface area (Å²) in [6.07, 6.45) is 4.48. The predicted octanol–water partition coefficient (Wildman–Crippen LogP) is 3.43. The number of anilines is 3. The molecule has 1 aliphatic heterocycles. The van der Waals surface area contributed by atoms with Gasteiger partial charge in [-0.05, 0) is 53.4 Å². The van der Waals surface area contributed by atoms with E-state index in [1.54, 1.807) is 19.5 Å². The van der Waals surface area contributed by atoms with Crippen molar-refractivity contribution in [3.63, 3.8) is 0 Å². The minimum Gasteiger partial charge on any atom is -0.494 e. The van der Waals surface area contributed by atoms with Crippen molar-refractivity contribution in [2.75, 3.05) is 30.0 Å². The maximum Gasteiger partial charge on any atom is 0.221 e. The van der Waals surface area contributed by atoms with Gasteiger partial charge in [0.2, 0.25) is 5.95 Å². The monoisotopic (exact) mass is 398 g/mol. The zero-order valence-corrected chi connectivity index (χ0v) is 16.7. The Hall–Kier alpha value is -3.87. The highest BCUT2D eigenvalue weighted by Gasteiger charge is 2.21. The van der Waals surface area contributed by atoms with Crippen molar-refractivity contribution in [1.29, 1.82) is 0 Å². The number of nitrogen functional groups attached to an aromatic ring is 2. The highest BCUT2D eigenvalue weighted by atomic mass is 16.5. The number of aromatic nitrogens is 3. The van der Waals surface area contributed by atoms with E-state index in [2.05, 4.69) is 50.2 Å². The molecule has 0 fully saturated rings. The van der Waals surface area contributed by atoms with Gasteiger partial charge < -0.3 is 21.1 Å². The maximum absolute atomic E-state index is 6.02. The molecule has 0 radical (unpaired) electrons. The standard InChI is InChI=1S/C23H22N6O/c1-30-20-7-5-17(18-3-2-9-26-21(18)20)14-4-6-19-15(11-14)8-10-29(19)13-16-12-27-23(25)28-22(16)24/h2-7,9,11-12H,8,10,13H2,1H3,(H4,24,25,27,28). The van der Waals surface area contributed by atoms with E-state index in [0.717, 1.165) is 40.7 Å². The number of hydrogen-bond acceptors (Lipinski definition) is 7. The summed E-state index contributed by atoms with van der Waals surface area (Å²) in [6, 6.07) is 14.7. The summed E-state index contributed by atoms with van der Waals surface area (Å²) in [5.41, 5.74) is 18.2. The van der Waals surface area contributed by atoms with Gasteiger partial charge in [-0.15, -0.1) is 0 Å². The topological polar surface area (TPSA) is 103 Å². The van der Waals surface area contributed by atoms with Crippen LogP contribution in [0.15, 0.2) is 54.9 Å². The summed E-state index contributed by atoms with van der Waals surface area (Å²) < 4.78 is 5.48. The quantitative estimate of drug-likeness (QED) is 0.543. The van der Waals surface area contributed by atoms with Crippen LogP contribution in [0.2, 0.25) is 0 Å². The first kappa shape index (κ1) is 18.2. The van der Waals surface area contributed by atoms with Gasteiger partial charge in [-0.1, -0.05) is 12.1 Å². The molecule has 30 heavy (non-hydrogen) atoms. The molecule has 0 saturated heterocycles. The summed E-state index contributed by atoms with van der Waals surface area (Å²) in [6.45, 7) is 1.58. The van der Waals surface area contributed by atoms with Crippen LogP contribution >= 0.6 is 0 Å². The van der Waals surface area contributed by atoms with Crippen molar-refractivity contribution in [1.82, 2.24) is 15.0 Å². The van der Waals surface area contributed by atoms with Gasteiger partial charge in [-0.2, -0.15) is 4.98 Å². The van der Waals surface area contributed by atoms with Crippen LogP contribution in [0.1, 0.15) is 11.1 Å². The van der Waals surface area contributed by atoms with Crippen molar-refractivity contribution in [2.24, 2.45) is 0 Å². The average Bonchev–Trinajstić information content (AvgIpc) is 3.17. The first-order chi connectivity index (χ1) is 14.6. The third kappa shape index (κ3) is 3.04. The molecule has 2 aromatic carbocycles. The van der Waals surface area contributed by atoms with Crippen LogP contribution in [0, 0.1) is 0 Å². The van der Waals surface area contributed by atoms with Gasteiger partial charge in [-0.25, -0.2) is 4.98 Å². The minimum absolute atomic E-state index is 0.198. The highest BCUT2D eigenvalue weighted by Crippen LogP contribution is 2.37. The molecule has 0 saturated carbocycles. The molecular formula is C23H22N6O. The molecule has 0 bridgehead atoms. The molecule has 0 unspecified atom stereocenters. The first-order valence-corrected chi connectivity index (χ1v) is 9.81. The summed E-state index contributed by atoms with van der Waals surface area (Å²) in [7, 11) is 1.67. The maximum atomic E-state index is 6.02. The third-order valence-corrected chi connectivity index (χ3v) is 5.61. The first-order valence-electron chi connectivity index (χ1n) is 9.81. The Morgan fingerprint density at radius 1 is 1.10 bits per heavy atom. The fourth-order valence-electron chi connectivity index (χ4n) is 4.13. The molecule has 3 heterocycles. The van der Waals surface area contributed by atoms with E-state index in [1.165, 1.54) is 16.8 Å². The van der Waals surface area contributed by atoms with Gasteiger partial charge in [0.25, 0.3) is 0 Å². The van der Waals surface area contributed by atoms with Crippen LogP contribution in [0.5, 0.6) is 5.75 Å². The summed E-state index contributed by atoms with van der Waals surface area (Å²) in [4.78, 5) is 15.0. The van der Waals surface area contributed by atoms with Gasteiger partial charge >= 0.3 is 0 Å². The number of benzene rings is 2. The molecule has 1 aliphatic rings. The number of pyridine rings is 1. The summed E-state index contributed by atoms with van der Waals surface area (Å²) in [5, 5.41) is 1.08. The van der Waals surface area contributed by atoms with Crippen molar-refractivity contribution in [3.8, 4) is 16.9 Å². The van der Waals surface area contributed by atoms with E-state index in [0.29, 0.717) is 12.4 Å². The van der Waals surface area contributed by atoms with Gasteiger partial charge in [0.15, 0.2) is 0 Å². The Labute approximate surface area is 174 Å². The Morgan fingerprint density at radius 3 is 2.83 bits per heavy atom. The molecular weight excluding hydrogens is 376 g/mol. The lowest BCUT2D eigenvalue weighted by atomic mass is 9.97. The van der Waals surface area contributed by atoms with Crippen LogP contribution in [0.3, 0.4) is 0 Å². The fraction of sp³-hybridized carbons (Fsp3) is 0.174. The van der Waals surface area contributed by atoms with E-state index in [1.807, 2.05) is 12.1 Å². The third-order valence-electron chi connectivity index (χ3n) is 5.61. The lowest BCUT2D eigenvalue weighted by molar-refractivity contribution is 0.419. The number of methoxy groups -OCH3 is 1. The molecule has 0 atom stereocenters. The summed E-state index contributed by atoms with van der Waals surface area (Å²) in [5.74, 6) is 1.42. The van der Waals surface area contributed by atoms with Crippen LogP contribution in [0.25, 0.3) is 22.0 Å². The minimum atomic E-state index is 0.198. The molecule has 4 aromatic rings. The number of rotatable bonds is 4. The van der Waals surface area contributed by atoms with Crippen LogP contribution in [0.4, 0.5) is 17.5 Å². The van der Waals surface area contributed by atoms with Crippen molar-refractivity contribution >= 4 is 28.4 Å². The lowest BCUT2D eigenvalue weighted by Gasteiger charge is -2.20. The molecule has 0 amide bonds. The molecule has 0 spiro atoms. The van der Waals surface area contributed by atoms with Gasteiger partial charge in [-0.3, -0.25) is 4.98 Å². The van der Waals surface area contributed by atoms with Gasteiger partial charge in [0.1, 0.15) is 17.1 Å². The zero-order valence-electron chi connectivity index (χ0n) is 16.7. The smallest absolute Gasteiger partial charge is 0.221 e. The van der Waals surface area contributed by atoms with Crippen LogP contribution in [-0.4, -0.2) is 28.6 Å². The second kappa shape index (κ2) is 7.18. The van der Waals surface area contributed by atoms with Gasteiger partial charge in [0, 0.05) is 42.1 Å². The van der Waals surface area contributed by atoms with E-state index in [9.17, 15) is 0 Å². The highest BCUT2D eigenvalue weighted by molar-refractivity contribution is 5.98. The normalized spacial score (nSPS) is 12.9. The van der Waals surface area contributed by atoms with Gasteiger partial charge in [0.05, 0.1) is 7.11 Å². The number of nitrogens with two attached hydrogens (primary N) is 2. The average molecular weight is 398 g/mol. The zero-order chi connectivity index (χ0) is 20.7. The molecule has 0 aliphatic carbocycles. The Balaban J connectivity index is 1.50. The number of fused-ring (bicyclic) bond motifs is 2. The lowest BCUT2D eigenvalue weighted by Crippen LogP contribution is -2.21. The van der Waals surface area contributed by atoms with E-state index in [4.69, 9.17) is 16.2 Å². The molecule has 2 aromatic heterocycles. The number of nitrogens with zero attached hydrogens (tertiary/aromatic N) is 4. The predicted molar refractivity (Wildman–Crippen MR) is 119 cm³/mol. The fourth-order valence-corrected chi connectivity index (χ4v) is 4.13. The molecule has 7 nitrogen and oxygen atoms in total.